The number of carbonyl (C=O) groups is 2. The van der Waals surface area contributed by atoms with Gasteiger partial charge in [-0.15, -0.1) is 0 Å². The fourth-order valence-electron chi connectivity index (χ4n) is 9.87. The first-order chi connectivity index (χ1) is 23.0. The van der Waals surface area contributed by atoms with E-state index in [0.29, 0.717) is 29.9 Å². The SMILES string of the molecule is COc1cccc(OC)c1C12CC3CC(c4cccc5ccccc45)(C1)C(C(=O)O)C(NC(=O)n1cccn1)(C3)C2NS(=O)(=O)CCN. The van der Waals surface area contributed by atoms with Crippen molar-refractivity contribution in [1.29, 1.82) is 0 Å². The summed E-state index contributed by atoms with van der Waals surface area (Å²) in [6.45, 7) is -0.148. The van der Waals surface area contributed by atoms with Gasteiger partial charge >= 0.3 is 12.0 Å². The Morgan fingerprint density at radius 1 is 0.979 bits per heavy atom. The molecule has 0 aliphatic heterocycles. The van der Waals surface area contributed by atoms with Gasteiger partial charge < -0.3 is 25.6 Å². The molecule has 6 atom stereocenters. The minimum absolute atomic E-state index is 0.115. The van der Waals surface area contributed by atoms with Gasteiger partial charge in [0, 0.05) is 35.3 Å². The Morgan fingerprint density at radius 3 is 2.33 bits per heavy atom. The molecule has 4 aromatic rings. The van der Waals surface area contributed by atoms with Gasteiger partial charge in [0.05, 0.1) is 37.5 Å². The van der Waals surface area contributed by atoms with E-state index in [1.807, 2.05) is 42.5 Å². The standard InChI is InChI=1S/C35H39N5O7S/c1-46-26-12-6-13-27(47-2)28(26)34-19-22-18-33(21-34,25-11-5-9-23-8-3-4-10-24(23)25)29(30(41)42)35(20-22,31(34)39-48(44,45)17-14-36)38-32(43)40-16-7-15-37-40/h3-13,15-16,22,29,31,39H,14,17-21,36H2,1-2H3,(H,38,43)(H,41,42). The summed E-state index contributed by atoms with van der Waals surface area (Å²) in [5.41, 5.74) is 3.47. The van der Waals surface area contributed by atoms with E-state index in [0.717, 1.165) is 21.0 Å². The first-order valence-electron chi connectivity index (χ1n) is 16.0. The summed E-state index contributed by atoms with van der Waals surface area (Å²) in [4.78, 5) is 28.1. The lowest BCUT2D eigenvalue weighted by molar-refractivity contribution is -0.172. The van der Waals surface area contributed by atoms with Crippen molar-refractivity contribution in [3.63, 3.8) is 0 Å². The minimum Gasteiger partial charge on any atom is -0.496 e. The molecule has 1 aromatic heterocycles. The van der Waals surface area contributed by atoms with Crippen molar-refractivity contribution in [2.45, 2.75) is 48.1 Å². The van der Waals surface area contributed by atoms with Gasteiger partial charge in [0.2, 0.25) is 10.0 Å². The van der Waals surface area contributed by atoms with Gasteiger partial charge in [-0.3, -0.25) is 4.79 Å². The van der Waals surface area contributed by atoms with Crippen LogP contribution in [0.1, 0.15) is 36.8 Å². The highest BCUT2D eigenvalue weighted by atomic mass is 32.2. The summed E-state index contributed by atoms with van der Waals surface area (Å²) in [7, 11) is -0.993. The van der Waals surface area contributed by atoms with Gasteiger partial charge in [-0.25, -0.2) is 17.9 Å². The summed E-state index contributed by atoms with van der Waals surface area (Å²) in [5, 5.41) is 20.5. The number of aliphatic carboxylic acids is 1. The number of amides is 1. The highest BCUT2D eigenvalue weighted by molar-refractivity contribution is 7.89. The molecular weight excluding hydrogens is 634 g/mol. The fraction of sp³-hybridized carbons (Fsp3) is 0.400. The van der Waals surface area contributed by atoms with Crippen LogP contribution < -0.4 is 25.2 Å². The molecule has 0 saturated heterocycles. The van der Waals surface area contributed by atoms with E-state index in [9.17, 15) is 23.1 Å². The Bertz CT molecular complexity index is 1980. The zero-order valence-electron chi connectivity index (χ0n) is 26.8. The number of fused-ring (bicyclic) bond motifs is 1. The molecule has 4 aliphatic carbocycles. The number of benzene rings is 3. The molecular formula is C35H39N5O7S. The summed E-state index contributed by atoms with van der Waals surface area (Å²) < 4.78 is 43.6. The Hall–Kier alpha value is -4.46. The van der Waals surface area contributed by atoms with Crippen LogP contribution >= 0.6 is 0 Å². The highest BCUT2D eigenvalue weighted by Gasteiger charge is 2.77. The number of nitrogens with two attached hydrogens (primary N) is 1. The molecule has 4 saturated carbocycles. The van der Waals surface area contributed by atoms with Crippen molar-refractivity contribution in [3.8, 4) is 11.5 Å². The maximum absolute atomic E-state index is 14.1. The van der Waals surface area contributed by atoms with Crippen LogP contribution in [0.15, 0.2) is 79.1 Å². The number of nitrogens with one attached hydrogen (secondary N) is 2. The van der Waals surface area contributed by atoms with Gasteiger partial charge in [0.1, 0.15) is 11.5 Å². The maximum atomic E-state index is 14.1. The zero-order chi connectivity index (χ0) is 33.9. The number of sulfonamides is 1. The van der Waals surface area contributed by atoms with Gasteiger partial charge in [-0.1, -0.05) is 48.5 Å². The van der Waals surface area contributed by atoms with Gasteiger partial charge in [-0.05, 0) is 66.1 Å². The fourth-order valence-corrected chi connectivity index (χ4v) is 11.1. The minimum atomic E-state index is -4.08. The highest BCUT2D eigenvalue weighted by Crippen LogP contribution is 2.71. The van der Waals surface area contributed by atoms with Crippen molar-refractivity contribution >= 4 is 32.8 Å². The molecule has 5 N–H and O–H groups in total. The summed E-state index contributed by atoms with van der Waals surface area (Å²) in [6.07, 6.45) is 4.41. The number of aromatic nitrogens is 2. The first-order valence-corrected chi connectivity index (χ1v) is 17.6. The lowest BCUT2D eigenvalue weighted by atomic mass is 9.34. The number of carboxylic acids is 1. The van der Waals surface area contributed by atoms with Crippen LogP contribution in [0.3, 0.4) is 0 Å². The first kappa shape index (κ1) is 32.1. The van der Waals surface area contributed by atoms with E-state index < -0.39 is 50.4 Å². The number of hydrogen-bond acceptors (Lipinski definition) is 8. The van der Waals surface area contributed by atoms with E-state index >= 15 is 0 Å². The van der Waals surface area contributed by atoms with E-state index in [-0.39, 0.29) is 31.1 Å². The second kappa shape index (κ2) is 11.6. The number of nitrogens with zero attached hydrogens (tertiary/aromatic N) is 2. The van der Waals surface area contributed by atoms with Crippen LogP contribution in [0.4, 0.5) is 4.79 Å². The predicted molar refractivity (Wildman–Crippen MR) is 179 cm³/mol. The molecule has 48 heavy (non-hydrogen) atoms. The van der Waals surface area contributed by atoms with Crippen LogP contribution in [-0.4, -0.2) is 73.4 Å². The summed E-state index contributed by atoms with van der Waals surface area (Å²) in [6, 6.07) is 19.0. The van der Waals surface area contributed by atoms with Crippen LogP contribution in [0.5, 0.6) is 11.5 Å². The van der Waals surface area contributed by atoms with E-state index in [1.165, 1.54) is 12.4 Å². The molecule has 252 valence electrons. The molecule has 4 fully saturated rings. The third-order valence-electron chi connectivity index (χ3n) is 10.9. The van der Waals surface area contributed by atoms with Crippen LogP contribution in [0.25, 0.3) is 10.8 Å². The molecule has 1 amide bonds. The molecule has 3 aromatic carbocycles. The van der Waals surface area contributed by atoms with Crippen molar-refractivity contribution < 1.29 is 32.6 Å². The number of methoxy groups -OCH3 is 2. The van der Waals surface area contributed by atoms with Crippen LogP contribution in [0.2, 0.25) is 0 Å². The van der Waals surface area contributed by atoms with E-state index in [4.69, 9.17) is 15.2 Å². The number of carbonyl (C=O) groups excluding carboxylic acids is 1. The summed E-state index contributed by atoms with van der Waals surface area (Å²) in [5.74, 6) is -1.92. The molecule has 0 spiro atoms. The van der Waals surface area contributed by atoms with Gasteiger partial charge in [0.25, 0.3) is 0 Å². The van der Waals surface area contributed by atoms with Crippen molar-refractivity contribution in [2.24, 2.45) is 17.6 Å². The monoisotopic (exact) mass is 673 g/mol. The lowest BCUT2D eigenvalue weighted by Crippen LogP contribution is -2.85. The average molecular weight is 674 g/mol. The third kappa shape index (κ3) is 4.70. The Morgan fingerprint density at radius 2 is 1.67 bits per heavy atom. The van der Waals surface area contributed by atoms with Crippen molar-refractivity contribution in [2.75, 3.05) is 26.5 Å². The maximum Gasteiger partial charge on any atom is 0.342 e. The molecule has 0 radical (unpaired) electrons. The predicted octanol–water partition coefficient (Wildman–Crippen LogP) is 3.39. The van der Waals surface area contributed by atoms with Gasteiger partial charge in [-0.2, -0.15) is 9.78 Å². The molecule has 4 bridgehead atoms. The Kier molecular flexibility index (Phi) is 7.76. The second-order valence-corrected chi connectivity index (χ2v) is 15.3. The average Bonchev–Trinajstić information content (AvgIpc) is 3.61. The topological polar surface area (TPSA) is 175 Å². The Labute approximate surface area is 278 Å². The van der Waals surface area contributed by atoms with Gasteiger partial charge in [0.15, 0.2) is 0 Å². The normalized spacial score (nSPS) is 29.1. The Balaban J connectivity index is 1.60. The third-order valence-corrected chi connectivity index (χ3v) is 12.3. The molecule has 8 rings (SSSR count). The number of carboxylic acid groups (broad SMARTS) is 1. The van der Waals surface area contributed by atoms with E-state index in [2.05, 4.69) is 15.1 Å². The molecule has 13 heteroatoms. The number of rotatable bonds is 10. The smallest absolute Gasteiger partial charge is 0.342 e. The lowest BCUT2D eigenvalue weighted by Gasteiger charge is -2.72. The summed E-state index contributed by atoms with van der Waals surface area (Å²) >= 11 is 0. The van der Waals surface area contributed by atoms with Crippen molar-refractivity contribution in [1.82, 2.24) is 19.8 Å². The molecule has 6 unspecified atom stereocenters. The molecule has 4 aliphatic rings. The van der Waals surface area contributed by atoms with Crippen LogP contribution in [-0.2, 0) is 25.6 Å². The molecule has 12 nitrogen and oxygen atoms in total. The quantitative estimate of drug-likeness (QED) is 0.197. The molecule has 1 heterocycles. The van der Waals surface area contributed by atoms with E-state index in [1.54, 1.807) is 38.5 Å². The number of ether oxygens (including phenoxy) is 2. The second-order valence-electron chi connectivity index (χ2n) is 13.4. The number of hydrogen-bond donors (Lipinski definition) is 4. The zero-order valence-corrected chi connectivity index (χ0v) is 27.6. The van der Waals surface area contributed by atoms with Crippen molar-refractivity contribution in [3.05, 3.63) is 90.3 Å². The van der Waals surface area contributed by atoms with Crippen LogP contribution in [0, 0.1) is 11.8 Å². The largest absolute Gasteiger partial charge is 0.496 e.